The molecule has 3 nitrogen and oxygen atoms in total. The van der Waals surface area contributed by atoms with Crippen molar-refractivity contribution in [2.75, 3.05) is 26.2 Å². The van der Waals surface area contributed by atoms with Crippen LogP contribution in [0.2, 0.25) is 5.02 Å². The average molecular weight is 356 g/mol. The zero-order chi connectivity index (χ0) is 17.6. The van der Waals surface area contributed by atoms with Crippen LogP contribution < -0.4 is 0 Å². The second-order valence-corrected chi connectivity index (χ2v) is 7.36. The summed E-state index contributed by atoms with van der Waals surface area (Å²) in [5, 5.41) is 7.60. The van der Waals surface area contributed by atoms with Gasteiger partial charge in [0, 0.05) is 37.7 Å². The van der Waals surface area contributed by atoms with Crippen LogP contribution in [0.4, 0.5) is 0 Å². The maximum atomic E-state index is 5.95. The molecule has 2 aromatic carbocycles. The quantitative estimate of drug-likeness (QED) is 0.729. The van der Waals surface area contributed by atoms with E-state index in [-0.39, 0.29) is 0 Å². The third-order valence-corrected chi connectivity index (χ3v) is 4.89. The minimum atomic E-state index is 0.569. The van der Waals surface area contributed by atoms with Crippen LogP contribution in [0.5, 0.6) is 0 Å². The molecule has 0 amide bonds. The lowest BCUT2D eigenvalue weighted by atomic mass is 10.0. The summed E-state index contributed by atoms with van der Waals surface area (Å²) in [7, 11) is 0. The van der Waals surface area contributed by atoms with Gasteiger partial charge in [-0.2, -0.15) is 5.10 Å². The first kappa shape index (κ1) is 18.0. The first-order valence-corrected chi connectivity index (χ1v) is 9.33. The lowest BCUT2D eigenvalue weighted by Gasteiger charge is -2.33. The number of nitrogens with zero attached hydrogens (tertiary/aromatic N) is 3. The Labute approximate surface area is 155 Å². The molecule has 0 bridgehead atoms. The van der Waals surface area contributed by atoms with Crippen LogP contribution in [0, 0.1) is 0 Å². The molecular formula is C21H26ClN3. The fraction of sp³-hybridized carbons (Fsp3) is 0.381. The van der Waals surface area contributed by atoms with Crippen molar-refractivity contribution in [1.82, 2.24) is 9.91 Å². The van der Waals surface area contributed by atoms with Crippen molar-refractivity contribution in [2.24, 2.45) is 5.10 Å². The van der Waals surface area contributed by atoms with Crippen LogP contribution in [0.1, 0.15) is 36.5 Å². The molecular weight excluding hydrogens is 330 g/mol. The van der Waals surface area contributed by atoms with Gasteiger partial charge < -0.3 is 0 Å². The largest absolute Gasteiger partial charge is 0.295 e. The SMILES string of the molecule is CC(C)c1ccc(C=NN2CCN(Cc3ccc(Cl)cc3)CC2)cc1. The van der Waals surface area contributed by atoms with Gasteiger partial charge in [0.25, 0.3) is 0 Å². The molecule has 0 aromatic heterocycles. The standard InChI is InChI=1S/C21H26ClN3/c1-17(2)20-7-3-18(4-8-20)15-23-25-13-11-24(12-14-25)16-19-5-9-21(22)10-6-19/h3-10,15,17H,11-14,16H2,1-2H3. The summed E-state index contributed by atoms with van der Waals surface area (Å²) in [5.74, 6) is 0.569. The van der Waals surface area contributed by atoms with Gasteiger partial charge in [0.1, 0.15) is 0 Å². The molecule has 0 radical (unpaired) electrons. The van der Waals surface area contributed by atoms with Gasteiger partial charge >= 0.3 is 0 Å². The van der Waals surface area contributed by atoms with E-state index in [1.165, 1.54) is 11.1 Å². The van der Waals surface area contributed by atoms with Crippen LogP contribution >= 0.6 is 11.6 Å². The highest BCUT2D eigenvalue weighted by molar-refractivity contribution is 6.30. The van der Waals surface area contributed by atoms with E-state index < -0.39 is 0 Å². The van der Waals surface area contributed by atoms with Crippen molar-refractivity contribution in [3.8, 4) is 0 Å². The predicted octanol–water partition coefficient (Wildman–Crippen LogP) is 4.62. The molecule has 0 unspecified atom stereocenters. The van der Waals surface area contributed by atoms with Crippen LogP contribution in [0.3, 0.4) is 0 Å². The number of hydrogen-bond donors (Lipinski definition) is 0. The van der Waals surface area contributed by atoms with E-state index >= 15 is 0 Å². The fourth-order valence-corrected chi connectivity index (χ4v) is 3.10. The molecule has 1 heterocycles. The molecule has 25 heavy (non-hydrogen) atoms. The Balaban J connectivity index is 1.47. The number of hydrogen-bond acceptors (Lipinski definition) is 3. The Morgan fingerprint density at radius 3 is 2.20 bits per heavy atom. The minimum absolute atomic E-state index is 0.569. The minimum Gasteiger partial charge on any atom is -0.295 e. The molecule has 1 saturated heterocycles. The Morgan fingerprint density at radius 1 is 0.960 bits per heavy atom. The molecule has 1 aliphatic heterocycles. The number of rotatable bonds is 5. The fourth-order valence-electron chi connectivity index (χ4n) is 2.97. The van der Waals surface area contributed by atoms with Crippen LogP contribution in [-0.2, 0) is 6.54 Å². The molecule has 0 saturated carbocycles. The number of hydrazone groups is 1. The Bertz CT molecular complexity index is 684. The van der Waals surface area contributed by atoms with Gasteiger partial charge in [-0.3, -0.25) is 9.91 Å². The van der Waals surface area contributed by atoms with Crippen molar-refractivity contribution in [3.63, 3.8) is 0 Å². The molecule has 0 aliphatic carbocycles. The van der Waals surface area contributed by atoms with Gasteiger partial charge in [-0.15, -0.1) is 0 Å². The number of piperazine rings is 1. The average Bonchev–Trinajstić information content (AvgIpc) is 2.63. The Morgan fingerprint density at radius 2 is 1.60 bits per heavy atom. The zero-order valence-corrected chi connectivity index (χ0v) is 15.8. The molecule has 0 atom stereocenters. The van der Waals surface area contributed by atoms with Gasteiger partial charge in [-0.05, 0) is 34.7 Å². The topological polar surface area (TPSA) is 18.8 Å². The van der Waals surface area contributed by atoms with Crippen molar-refractivity contribution in [1.29, 1.82) is 0 Å². The lowest BCUT2D eigenvalue weighted by Crippen LogP contribution is -2.43. The molecule has 3 rings (SSSR count). The van der Waals surface area contributed by atoms with Gasteiger partial charge in [0.2, 0.25) is 0 Å². The van der Waals surface area contributed by atoms with Gasteiger partial charge in [-0.25, -0.2) is 0 Å². The highest BCUT2D eigenvalue weighted by Crippen LogP contribution is 2.15. The molecule has 132 valence electrons. The zero-order valence-electron chi connectivity index (χ0n) is 15.0. The normalized spacial score (nSPS) is 16.1. The third kappa shape index (κ3) is 5.32. The van der Waals surface area contributed by atoms with Crippen LogP contribution in [-0.4, -0.2) is 42.3 Å². The maximum Gasteiger partial charge on any atom is 0.0542 e. The summed E-state index contributed by atoms with van der Waals surface area (Å²) in [5.41, 5.74) is 3.84. The summed E-state index contributed by atoms with van der Waals surface area (Å²) >= 11 is 5.95. The summed E-state index contributed by atoms with van der Waals surface area (Å²) in [6.07, 6.45) is 1.97. The molecule has 0 spiro atoms. The summed E-state index contributed by atoms with van der Waals surface area (Å²) in [6.45, 7) is 9.41. The molecule has 1 aliphatic rings. The first-order chi connectivity index (χ1) is 12.1. The van der Waals surface area contributed by atoms with Gasteiger partial charge in [0.05, 0.1) is 6.21 Å². The van der Waals surface area contributed by atoms with Gasteiger partial charge in [-0.1, -0.05) is 61.8 Å². The summed E-state index contributed by atoms with van der Waals surface area (Å²) in [4.78, 5) is 2.46. The molecule has 1 fully saturated rings. The second kappa shape index (κ2) is 8.50. The smallest absolute Gasteiger partial charge is 0.0542 e. The second-order valence-electron chi connectivity index (χ2n) is 6.92. The monoisotopic (exact) mass is 355 g/mol. The maximum absolute atomic E-state index is 5.95. The Hall–Kier alpha value is -1.84. The lowest BCUT2D eigenvalue weighted by molar-refractivity contribution is 0.131. The van der Waals surface area contributed by atoms with E-state index in [1.54, 1.807) is 0 Å². The Kier molecular flexibility index (Phi) is 6.11. The van der Waals surface area contributed by atoms with Crippen molar-refractivity contribution < 1.29 is 0 Å². The predicted molar refractivity (Wildman–Crippen MR) is 106 cm³/mol. The number of benzene rings is 2. The van der Waals surface area contributed by atoms with Crippen molar-refractivity contribution in [2.45, 2.75) is 26.3 Å². The molecule has 2 aromatic rings. The van der Waals surface area contributed by atoms with E-state index in [2.05, 4.69) is 65.3 Å². The van der Waals surface area contributed by atoms with Gasteiger partial charge in [0.15, 0.2) is 0 Å². The van der Waals surface area contributed by atoms with Crippen molar-refractivity contribution in [3.05, 3.63) is 70.2 Å². The molecule has 0 N–H and O–H groups in total. The van der Waals surface area contributed by atoms with E-state index in [4.69, 9.17) is 11.6 Å². The summed E-state index contributed by atoms with van der Waals surface area (Å²) in [6, 6.07) is 16.8. The van der Waals surface area contributed by atoms with Crippen LogP contribution in [0.15, 0.2) is 53.6 Å². The third-order valence-electron chi connectivity index (χ3n) is 4.64. The van der Waals surface area contributed by atoms with E-state index in [9.17, 15) is 0 Å². The number of halogens is 1. The van der Waals surface area contributed by atoms with Crippen LogP contribution in [0.25, 0.3) is 0 Å². The van der Waals surface area contributed by atoms with E-state index in [1.807, 2.05) is 18.3 Å². The van der Waals surface area contributed by atoms with E-state index in [0.29, 0.717) is 5.92 Å². The van der Waals surface area contributed by atoms with Crippen molar-refractivity contribution >= 4 is 17.8 Å². The first-order valence-electron chi connectivity index (χ1n) is 8.96. The highest BCUT2D eigenvalue weighted by Gasteiger charge is 2.15. The summed E-state index contributed by atoms with van der Waals surface area (Å²) < 4.78 is 0. The van der Waals surface area contributed by atoms with E-state index in [0.717, 1.165) is 43.3 Å². The highest BCUT2D eigenvalue weighted by atomic mass is 35.5. The molecule has 4 heteroatoms.